The molecule has 3 amide bonds. The molecule has 1 aromatic rings. The lowest BCUT2D eigenvalue weighted by Gasteiger charge is -2.30. The predicted molar refractivity (Wildman–Crippen MR) is 101 cm³/mol. The summed E-state index contributed by atoms with van der Waals surface area (Å²) in [4.78, 5) is 50.6. The second-order valence-corrected chi connectivity index (χ2v) is 7.62. The summed E-state index contributed by atoms with van der Waals surface area (Å²) in [6.45, 7) is 0.678. The van der Waals surface area contributed by atoms with Crippen LogP contribution in [-0.2, 0) is 14.4 Å². The van der Waals surface area contributed by atoms with E-state index >= 15 is 0 Å². The number of rotatable bonds is 5. The van der Waals surface area contributed by atoms with E-state index < -0.39 is 28.9 Å². The fourth-order valence-corrected chi connectivity index (χ4v) is 4.05. The summed E-state index contributed by atoms with van der Waals surface area (Å²) in [5.74, 6) is -2.44. The number of carbonyl (C=O) groups excluding carboxylic acids is 3. The van der Waals surface area contributed by atoms with Gasteiger partial charge in [-0.3, -0.25) is 24.1 Å². The monoisotopic (exact) mass is 406 g/mol. The number of carboxylic acids is 1. The Kier molecular flexibility index (Phi) is 6.13. The molecule has 3 rings (SSSR count). The third-order valence-electron chi connectivity index (χ3n) is 4.77. The Morgan fingerprint density at radius 2 is 1.96 bits per heavy atom. The van der Waals surface area contributed by atoms with Gasteiger partial charge in [-0.2, -0.15) is 0 Å². The third-order valence-corrected chi connectivity index (χ3v) is 5.67. The van der Waals surface area contributed by atoms with Gasteiger partial charge >= 0.3 is 5.97 Å². The molecule has 0 unspecified atom stereocenters. The molecule has 148 valence electrons. The van der Waals surface area contributed by atoms with Crippen molar-refractivity contribution in [2.75, 3.05) is 19.6 Å². The first-order valence-electron chi connectivity index (χ1n) is 8.86. The minimum Gasteiger partial charge on any atom is -0.481 e. The zero-order chi connectivity index (χ0) is 20.3. The number of carbonyl (C=O) groups is 4. The highest BCUT2D eigenvalue weighted by atomic mass is 32.2. The summed E-state index contributed by atoms with van der Waals surface area (Å²) in [6.07, 6.45) is 2.24. The molecule has 1 N–H and O–H groups in total. The van der Waals surface area contributed by atoms with E-state index in [0.717, 1.165) is 16.7 Å². The molecule has 1 aromatic carbocycles. The molecule has 2 aliphatic heterocycles. The fourth-order valence-electron chi connectivity index (χ4n) is 3.18. The summed E-state index contributed by atoms with van der Waals surface area (Å²) in [5.41, 5.74) is 0.475. The van der Waals surface area contributed by atoms with Gasteiger partial charge in [0.1, 0.15) is 5.82 Å². The molecule has 0 bridgehead atoms. The van der Waals surface area contributed by atoms with Crippen LogP contribution in [0.1, 0.15) is 24.8 Å². The molecule has 0 aromatic heterocycles. The minimum atomic E-state index is -0.852. The average Bonchev–Trinajstić information content (AvgIpc) is 2.93. The van der Waals surface area contributed by atoms with Crippen LogP contribution in [0.15, 0.2) is 29.2 Å². The zero-order valence-electron chi connectivity index (χ0n) is 15.0. The van der Waals surface area contributed by atoms with E-state index in [1.165, 1.54) is 24.3 Å². The Morgan fingerprint density at radius 1 is 1.25 bits per heavy atom. The van der Waals surface area contributed by atoms with Gasteiger partial charge in [0.15, 0.2) is 0 Å². The number of imide groups is 1. The van der Waals surface area contributed by atoms with E-state index in [1.807, 2.05) is 0 Å². The molecule has 0 aliphatic carbocycles. The number of likely N-dealkylation sites (tertiary alicyclic amines) is 1. The number of aliphatic carboxylic acids is 1. The van der Waals surface area contributed by atoms with Gasteiger partial charge in [-0.05, 0) is 48.4 Å². The average molecular weight is 406 g/mol. The topological polar surface area (TPSA) is 95.0 Å². The summed E-state index contributed by atoms with van der Waals surface area (Å²) in [7, 11) is 0. The highest BCUT2D eigenvalue weighted by Crippen LogP contribution is 2.32. The number of piperidine rings is 1. The molecule has 0 spiro atoms. The first-order chi connectivity index (χ1) is 13.3. The van der Waals surface area contributed by atoms with Gasteiger partial charge < -0.3 is 10.0 Å². The van der Waals surface area contributed by atoms with Gasteiger partial charge in [0.05, 0.1) is 10.8 Å². The van der Waals surface area contributed by atoms with Crippen molar-refractivity contribution < 1.29 is 28.7 Å². The Morgan fingerprint density at radius 3 is 2.61 bits per heavy atom. The van der Waals surface area contributed by atoms with Crippen molar-refractivity contribution >= 4 is 40.9 Å². The van der Waals surface area contributed by atoms with E-state index in [1.54, 1.807) is 11.0 Å². The number of thioether (sulfide) groups is 1. The van der Waals surface area contributed by atoms with Crippen LogP contribution in [0.3, 0.4) is 0 Å². The summed E-state index contributed by atoms with van der Waals surface area (Å²) in [5, 5.41) is 8.53. The van der Waals surface area contributed by atoms with Crippen LogP contribution in [0.5, 0.6) is 0 Å². The van der Waals surface area contributed by atoms with Crippen LogP contribution in [0, 0.1) is 11.7 Å². The van der Waals surface area contributed by atoms with Crippen molar-refractivity contribution in [2.24, 2.45) is 5.92 Å². The van der Waals surface area contributed by atoms with Crippen LogP contribution in [-0.4, -0.2) is 57.6 Å². The molecule has 0 radical (unpaired) electrons. The molecule has 2 fully saturated rings. The lowest BCUT2D eigenvalue weighted by atomic mass is 9.97. The van der Waals surface area contributed by atoms with Crippen LogP contribution in [0.25, 0.3) is 6.08 Å². The summed E-state index contributed by atoms with van der Waals surface area (Å²) < 4.78 is 13.3. The van der Waals surface area contributed by atoms with Gasteiger partial charge in [-0.15, -0.1) is 0 Å². The molecule has 9 heteroatoms. The number of nitrogens with zero attached hydrogens (tertiary/aromatic N) is 2. The summed E-state index contributed by atoms with van der Waals surface area (Å²) in [6, 6.07) is 5.69. The first-order valence-corrected chi connectivity index (χ1v) is 9.68. The van der Waals surface area contributed by atoms with Crippen LogP contribution >= 0.6 is 11.8 Å². The number of halogens is 1. The zero-order valence-corrected chi connectivity index (χ0v) is 15.8. The highest BCUT2D eigenvalue weighted by Gasteiger charge is 2.35. The normalized spacial score (nSPS) is 19.5. The van der Waals surface area contributed by atoms with E-state index in [-0.39, 0.29) is 23.8 Å². The van der Waals surface area contributed by atoms with E-state index in [9.17, 15) is 23.6 Å². The Hall–Kier alpha value is -2.68. The maximum absolute atomic E-state index is 13.3. The van der Waals surface area contributed by atoms with Crippen molar-refractivity contribution in [2.45, 2.75) is 19.3 Å². The number of hydrogen-bond donors (Lipinski definition) is 1. The van der Waals surface area contributed by atoms with E-state index in [0.29, 0.717) is 31.5 Å². The lowest BCUT2D eigenvalue weighted by Crippen LogP contribution is -2.42. The predicted octanol–water partition coefficient (Wildman–Crippen LogP) is 2.58. The van der Waals surface area contributed by atoms with Gasteiger partial charge in [0, 0.05) is 26.1 Å². The SMILES string of the molecule is O=C(O)C1CCN(C(=O)CCN2C(=O)SC(=Cc3cccc(F)c3)C2=O)CC1. The van der Waals surface area contributed by atoms with Crippen molar-refractivity contribution in [1.82, 2.24) is 9.80 Å². The quantitative estimate of drug-likeness (QED) is 0.756. The summed E-state index contributed by atoms with van der Waals surface area (Å²) >= 11 is 0.759. The number of benzene rings is 1. The fraction of sp³-hybridized carbons (Fsp3) is 0.368. The standard InChI is InChI=1S/C19H19FN2O5S/c20-14-3-1-2-12(10-14)11-15-17(24)22(19(27)28-15)9-6-16(23)21-7-4-13(5-8-21)18(25)26/h1-3,10-11,13H,4-9H2,(H,25,26). The lowest BCUT2D eigenvalue weighted by molar-refractivity contribution is -0.145. The Labute approximate surface area is 165 Å². The van der Waals surface area contributed by atoms with Crippen LogP contribution < -0.4 is 0 Å². The Balaban J connectivity index is 1.56. The van der Waals surface area contributed by atoms with Crippen molar-refractivity contribution in [3.63, 3.8) is 0 Å². The largest absolute Gasteiger partial charge is 0.481 e. The molecule has 2 heterocycles. The molecular formula is C19H19FN2O5S. The molecule has 0 saturated carbocycles. The van der Waals surface area contributed by atoms with Crippen molar-refractivity contribution in [3.05, 3.63) is 40.6 Å². The smallest absolute Gasteiger partial charge is 0.306 e. The van der Waals surface area contributed by atoms with Crippen molar-refractivity contribution in [1.29, 1.82) is 0 Å². The van der Waals surface area contributed by atoms with E-state index in [4.69, 9.17) is 5.11 Å². The first kappa shape index (κ1) is 20.1. The molecule has 28 heavy (non-hydrogen) atoms. The molecular weight excluding hydrogens is 387 g/mol. The molecule has 2 aliphatic rings. The van der Waals surface area contributed by atoms with Gasteiger partial charge in [-0.25, -0.2) is 4.39 Å². The maximum Gasteiger partial charge on any atom is 0.306 e. The molecule has 7 nitrogen and oxygen atoms in total. The van der Waals surface area contributed by atoms with Crippen LogP contribution in [0.2, 0.25) is 0 Å². The van der Waals surface area contributed by atoms with Gasteiger partial charge in [-0.1, -0.05) is 12.1 Å². The number of hydrogen-bond acceptors (Lipinski definition) is 5. The number of carboxylic acid groups (broad SMARTS) is 1. The minimum absolute atomic E-state index is 0.0109. The highest BCUT2D eigenvalue weighted by molar-refractivity contribution is 8.18. The van der Waals surface area contributed by atoms with E-state index in [2.05, 4.69) is 0 Å². The Bertz CT molecular complexity index is 848. The van der Waals surface area contributed by atoms with Crippen LogP contribution in [0.4, 0.5) is 9.18 Å². The van der Waals surface area contributed by atoms with Gasteiger partial charge in [0.25, 0.3) is 11.1 Å². The molecule has 2 saturated heterocycles. The second kappa shape index (κ2) is 8.55. The molecule has 0 atom stereocenters. The van der Waals surface area contributed by atoms with Crippen molar-refractivity contribution in [3.8, 4) is 0 Å². The number of amides is 3. The van der Waals surface area contributed by atoms with Gasteiger partial charge in [0.2, 0.25) is 5.91 Å². The second-order valence-electron chi connectivity index (χ2n) is 6.63. The third kappa shape index (κ3) is 4.59. The maximum atomic E-state index is 13.3.